The first-order valence-corrected chi connectivity index (χ1v) is 17.9. The zero-order valence-corrected chi connectivity index (χ0v) is 28.5. The molecule has 0 amide bonds. The van der Waals surface area contributed by atoms with Gasteiger partial charge in [0.1, 0.15) is 0 Å². The summed E-state index contributed by atoms with van der Waals surface area (Å²) >= 11 is 1.71. The third-order valence-corrected chi connectivity index (χ3v) is 15.8. The third kappa shape index (κ3) is 3.78. The Balaban J connectivity index is 1.34. The number of fused-ring (bicyclic) bond motifs is 3. The Morgan fingerprint density at radius 1 is 1.09 bits per heavy atom. The standard InChI is InChI=1S/C37H52N2O4S/c1-22(2)23(3)33(4)15-16-35(6)24-10-11-29-34(5)20-43-21-37(29,25(24)12-14-36(35,7)30(33)32(41)42)19-27(31(34)40)39-26(13-17-38-39)28-9-8-18-44-28/h8-9,12-13,17-18,22-24,27,29-31,40H,10-11,14-16,19-21H2,1-7H3,(H,41,42)/t23-,24+,27-,29+,30-,31+,33-,34?,35-,36+,37+/m1/s1. The summed E-state index contributed by atoms with van der Waals surface area (Å²) < 4.78 is 8.62. The highest BCUT2D eigenvalue weighted by atomic mass is 32.1. The van der Waals surface area contributed by atoms with E-state index < -0.39 is 18.0 Å². The molecule has 3 saturated carbocycles. The van der Waals surface area contributed by atoms with E-state index in [2.05, 4.69) is 82.8 Å². The van der Waals surface area contributed by atoms with Gasteiger partial charge in [0, 0.05) is 17.0 Å². The molecule has 4 fully saturated rings. The number of carboxylic acid groups (broad SMARTS) is 1. The van der Waals surface area contributed by atoms with Crippen molar-refractivity contribution in [3.05, 3.63) is 41.4 Å². The Morgan fingerprint density at radius 3 is 2.55 bits per heavy atom. The fourth-order valence-electron chi connectivity index (χ4n) is 12.0. The van der Waals surface area contributed by atoms with Crippen molar-refractivity contribution < 1.29 is 19.7 Å². The number of aliphatic hydroxyl groups is 1. The van der Waals surface area contributed by atoms with Crippen molar-refractivity contribution in [2.24, 2.45) is 56.7 Å². The second-order valence-corrected chi connectivity index (χ2v) is 17.6. The number of allylic oxidation sites excluding steroid dienone is 1. The monoisotopic (exact) mass is 620 g/mol. The number of nitrogens with zero attached hydrogens (tertiary/aromatic N) is 2. The first-order chi connectivity index (χ1) is 20.7. The van der Waals surface area contributed by atoms with Gasteiger partial charge in [-0.05, 0) is 96.0 Å². The van der Waals surface area contributed by atoms with Crippen molar-refractivity contribution in [3.63, 3.8) is 0 Å². The Morgan fingerprint density at radius 2 is 1.86 bits per heavy atom. The van der Waals surface area contributed by atoms with Crippen molar-refractivity contribution >= 4 is 17.3 Å². The molecule has 1 saturated heterocycles. The van der Waals surface area contributed by atoms with Crippen molar-refractivity contribution in [1.29, 1.82) is 0 Å². The molecular formula is C37H52N2O4S. The molecule has 11 atom stereocenters. The minimum absolute atomic E-state index is 0.122. The number of aliphatic hydroxyl groups excluding tert-OH is 1. The zero-order chi connectivity index (χ0) is 31.4. The number of aliphatic carboxylic acids is 1. The predicted molar refractivity (Wildman–Crippen MR) is 174 cm³/mol. The Hall–Kier alpha value is -1.96. The van der Waals surface area contributed by atoms with Crippen LogP contribution in [0.15, 0.2) is 41.4 Å². The second kappa shape index (κ2) is 10.0. The highest BCUT2D eigenvalue weighted by Crippen LogP contribution is 2.75. The minimum Gasteiger partial charge on any atom is -0.481 e. The van der Waals surface area contributed by atoms with Gasteiger partial charge in [-0.3, -0.25) is 9.48 Å². The van der Waals surface area contributed by atoms with Crippen LogP contribution in [0.1, 0.15) is 93.0 Å². The Bertz CT molecular complexity index is 1470. The molecule has 1 aliphatic heterocycles. The normalized spacial score (nSPS) is 45.6. The molecule has 240 valence electrons. The Labute approximate surface area is 267 Å². The molecule has 2 aromatic rings. The van der Waals surface area contributed by atoms with Crippen molar-refractivity contribution in [3.8, 4) is 10.6 Å². The molecule has 2 N–H and O–H groups in total. The molecular weight excluding hydrogens is 568 g/mol. The summed E-state index contributed by atoms with van der Waals surface area (Å²) in [6.07, 6.45) is 9.49. The minimum atomic E-state index is -0.619. The Kier molecular flexibility index (Phi) is 6.99. The van der Waals surface area contributed by atoms with Gasteiger partial charge in [-0.25, -0.2) is 0 Å². The average molecular weight is 621 g/mol. The highest BCUT2D eigenvalue weighted by molar-refractivity contribution is 7.13. The number of thiophene rings is 1. The number of hydrogen-bond donors (Lipinski definition) is 2. The lowest BCUT2D eigenvalue weighted by Gasteiger charge is -2.71. The van der Waals surface area contributed by atoms with Crippen LogP contribution in [0.3, 0.4) is 0 Å². The number of hydrogen-bond acceptors (Lipinski definition) is 5. The van der Waals surface area contributed by atoms with E-state index in [1.807, 2.05) is 6.20 Å². The zero-order valence-electron chi connectivity index (χ0n) is 27.7. The molecule has 6 nitrogen and oxygen atoms in total. The summed E-state index contributed by atoms with van der Waals surface area (Å²) in [4.78, 5) is 14.5. The van der Waals surface area contributed by atoms with Gasteiger partial charge in [-0.2, -0.15) is 5.10 Å². The van der Waals surface area contributed by atoms with E-state index in [0.717, 1.165) is 44.2 Å². The fourth-order valence-corrected chi connectivity index (χ4v) is 12.8. The van der Waals surface area contributed by atoms with Gasteiger partial charge in [-0.15, -0.1) is 11.3 Å². The van der Waals surface area contributed by atoms with E-state index in [-0.39, 0.29) is 33.1 Å². The topological polar surface area (TPSA) is 84.6 Å². The van der Waals surface area contributed by atoms with Gasteiger partial charge in [0.25, 0.3) is 0 Å². The van der Waals surface area contributed by atoms with Crippen molar-refractivity contribution in [2.75, 3.05) is 13.2 Å². The summed E-state index contributed by atoms with van der Waals surface area (Å²) in [7, 11) is 0. The van der Waals surface area contributed by atoms with E-state index >= 15 is 0 Å². The molecule has 0 radical (unpaired) electrons. The average Bonchev–Trinajstić information content (AvgIpc) is 3.67. The maximum absolute atomic E-state index is 13.4. The lowest BCUT2D eigenvalue weighted by molar-refractivity contribution is -0.240. The number of carboxylic acids is 1. The van der Waals surface area contributed by atoms with Gasteiger partial charge in [0.2, 0.25) is 0 Å². The maximum atomic E-state index is 13.4. The van der Waals surface area contributed by atoms with Gasteiger partial charge in [0.05, 0.1) is 41.8 Å². The summed E-state index contributed by atoms with van der Waals surface area (Å²) in [6, 6.07) is 6.14. The summed E-state index contributed by atoms with van der Waals surface area (Å²) in [5.41, 5.74) is 1.30. The molecule has 0 spiro atoms. The summed E-state index contributed by atoms with van der Waals surface area (Å²) in [6.45, 7) is 17.3. The number of rotatable bonds is 5. The molecule has 7 heteroatoms. The number of ether oxygens (including phenoxy) is 1. The molecule has 2 aromatic heterocycles. The first-order valence-electron chi connectivity index (χ1n) is 17.0. The van der Waals surface area contributed by atoms with Crippen LogP contribution in [-0.4, -0.2) is 45.3 Å². The van der Waals surface area contributed by atoms with Gasteiger partial charge >= 0.3 is 5.97 Å². The molecule has 44 heavy (non-hydrogen) atoms. The number of aromatic nitrogens is 2. The van der Waals surface area contributed by atoms with Crippen LogP contribution in [-0.2, 0) is 9.53 Å². The van der Waals surface area contributed by atoms with E-state index in [9.17, 15) is 15.0 Å². The highest BCUT2D eigenvalue weighted by Gasteiger charge is 2.71. The van der Waals surface area contributed by atoms with Crippen LogP contribution in [0, 0.1) is 56.7 Å². The molecule has 5 aliphatic rings. The molecule has 3 heterocycles. The van der Waals surface area contributed by atoms with Crippen molar-refractivity contribution in [1.82, 2.24) is 9.78 Å². The van der Waals surface area contributed by atoms with Gasteiger partial charge < -0.3 is 14.9 Å². The van der Waals surface area contributed by atoms with Gasteiger partial charge in [-0.1, -0.05) is 66.2 Å². The molecule has 7 rings (SSSR count). The molecule has 2 bridgehead atoms. The first kappa shape index (κ1) is 30.7. The van der Waals surface area contributed by atoms with Crippen LogP contribution in [0.2, 0.25) is 0 Å². The summed E-state index contributed by atoms with van der Waals surface area (Å²) in [5.74, 6) is 0.384. The maximum Gasteiger partial charge on any atom is 0.307 e. The van der Waals surface area contributed by atoms with Crippen LogP contribution in [0.4, 0.5) is 0 Å². The smallest absolute Gasteiger partial charge is 0.307 e. The van der Waals surface area contributed by atoms with E-state index in [1.54, 1.807) is 11.3 Å². The number of carbonyl (C=O) groups is 1. The second-order valence-electron chi connectivity index (χ2n) is 16.7. The molecule has 1 unspecified atom stereocenters. The van der Waals surface area contributed by atoms with E-state index in [0.29, 0.717) is 36.9 Å². The van der Waals surface area contributed by atoms with Gasteiger partial charge in [0.15, 0.2) is 0 Å². The van der Waals surface area contributed by atoms with Crippen LogP contribution >= 0.6 is 11.3 Å². The molecule has 4 aliphatic carbocycles. The van der Waals surface area contributed by atoms with E-state index in [4.69, 9.17) is 9.84 Å². The quantitative estimate of drug-likeness (QED) is 0.330. The summed E-state index contributed by atoms with van der Waals surface area (Å²) in [5, 5.41) is 30.1. The van der Waals surface area contributed by atoms with E-state index in [1.165, 1.54) is 10.5 Å². The lowest BCUT2D eigenvalue weighted by Crippen LogP contribution is -2.68. The SMILES string of the molecule is CC(C)[C@@H](C)[C@@]1(C)CC[C@]2(C)[C@H]3CC[C@H]4C5(C)COC[C@@]4(C[C@@H](n4nccc4-c4cccs4)[C@@H]5O)C3=CC[C@@]2(C)[C@@H]1C(=O)O. The largest absolute Gasteiger partial charge is 0.481 e. The predicted octanol–water partition coefficient (Wildman–Crippen LogP) is 8.10. The van der Waals surface area contributed by atoms with Crippen LogP contribution in [0.5, 0.6) is 0 Å². The molecule has 0 aromatic carbocycles. The van der Waals surface area contributed by atoms with Crippen molar-refractivity contribution in [2.45, 2.75) is 99.1 Å². The fraction of sp³-hybridized carbons (Fsp3) is 0.730. The van der Waals surface area contributed by atoms with Crippen LogP contribution in [0.25, 0.3) is 10.6 Å². The van der Waals surface area contributed by atoms with Crippen LogP contribution < -0.4 is 0 Å². The third-order valence-electron chi connectivity index (χ3n) is 14.9. The lowest BCUT2D eigenvalue weighted by atomic mass is 9.34.